The van der Waals surface area contributed by atoms with Crippen LogP contribution in [0.3, 0.4) is 0 Å². The Morgan fingerprint density at radius 1 is 1.05 bits per heavy atom. The summed E-state index contributed by atoms with van der Waals surface area (Å²) in [6.07, 6.45) is 1.05. The second kappa shape index (κ2) is 6.53. The van der Waals surface area contributed by atoms with E-state index in [2.05, 4.69) is 36.1 Å². The summed E-state index contributed by atoms with van der Waals surface area (Å²) in [5.74, 6) is -0.241. The molecule has 0 aromatic heterocycles. The van der Waals surface area contributed by atoms with Crippen molar-refractivity contribution in [2.24, 2.45) is 5.73 Å². The summed E-state index contributed by atoms with van der Waals surface area (Å²) in [5, 5.41) is 0. The Bertz CT molecular complexity index is 564. The first-order valence-corrected chi connectivity index (χ1v) is 6.91. The van der Waals surface area contributed by atoms with E-state index in [1.165, 1.54) is 23.3 Å². The molecule has 2 N–H and O–H groups in total. The van der Waals surface area contributed by atoms with Gasteiger partial charge in [-0.15, -0.1) is 0 Å². The van der Waals surface area contributed by atoms with Gasteiger partial charge in [0.25, 0.3) is 0 Å². The number of benzene rings is 2. The second-order valence-corrected chi connectivity index (χ2v) is 5.00. The van der Waals surface area contributed by atoms with Crippen LogP contribution < -0.4 is 10.6 Å². The number of nitrogens with two attached hydrogens (primary N) is 1. The van der Waals surface area contributed by atoms with Crippen molar-refractivity contribution >= 4 is 5.69 Å². The number of nitrogens with zero attached hydrogens (tertiary/aromatic N) is 1. The van der Waals surface area contributed by atoms with Gasteiger partial charge in [0, 0.05) is 25.8 Å². The van der Waals surface area contributed by atoms with Crippen LogP contribution in [0.2, 0.25) is 0 Å². The molecular weight excluding hydrogens is 251 g/mol. The highest BCUT2D eigenvalue weighted by molar-refractivity contribution is 5.53. The third-order valence-corrected chi connectivity index (χ3v) is 3.52. The Kier molecular flexibility index (Phi) is 4.74. The first kappa shape index (κ1) is 14.5. The highest BCUT2D eigenvalue weighted by Gasteiger charge is 2.08. The lowest BCUT2D eigenvalue weighted by Gasteiger charge is -2.22. The van der Waals surface area contributed by atoms with Crippen molar-refractivity contribution in [2.75, 3.05) is 11.9 Å². The van der Waals surface area contributed by atoms with Gasteiger partial charge in [0.2, 0.25) is 0 Å². The molecule has 0 aliphatic heterocycles. The molecular formula is C17H21FN2. The molecule has 3 heteroatoms. The Morgan fingerprint density at radius 3 is 2.30 bits per heavy atom. The van der Waals surface area contributed by atoms with Crippen molar-refractivity contribution in [1.82, 2.24) is 0 Å². The Morgan fingerprint density at radius 2 is 1.70 bits per heavy atom. The molecule has 0 heterocycles. The molecule has 0 bridgehead atoms. The van der Waals surface area contributed by atoms with E-state index in [-0.39, 0.29) is 5.82 Å². The van der Waals surface area contributed by atoms with Crippen molar-refractivity contribution in [3.05, 3.63) is 65.0 Å². The Labute approximate surface area is 120 Å². The van der Waals surface area contributed by atoms with Gasteiger partial charge in [-0.2, -0.15) is 0 Å². The van der Waals surface area contributed by atoms with E-state index in [1.807, 2.05) is 7.05 Å². The number of rotatable bonds is 5. The van der Waals surface area contributed by atoms with Crippen molar-refractivity contribution in [2.45, 2.75) is 26.4 Å². The molecule has 106 valence electrons. The largest absolute Gasteiger partial charge is 0.370 e. The van der Waals surface area contributed by atoms with Gasteiger partial charge in [0.1, 0.15) is 5.82 Å². The van der Waals surface area contributed by atoms with Crippen LogP contribution in [-0.4, -0.2) is 7.05 Å². The van der Waals surface area contributed by atoms with Crippen molar-refractivity contribution in [3.63, 3.8) is 0 Å². The molecule has 0 saturated heterocycles. The van der Waals surface area contributed by atoms with Gasteiger partial charge in [-0.3, -0.25) is 0 Å². The molecule has 2 aromatic carbocycles. The predicted molar refractivity (Wildman–Crippen MR) is 82.2 cm³/mol. The standard InChI is InChI=1S/C17H21FN2/c1-3-13-4-6-14(7-5-13)12-20(2)17-9-8-16(18)10-15(17)11-19/h4-10H,3,11-12,19H2,1-2H3. The number of hydrogen-bond acceptors (Lipinski definition) is 2. The molecule has 0 saturated carbocycles. The van der Waals surface area contributed by atoms with E-state index in [9.17, 15) is 4.39 Å². The summed E-state index contributed by atoms with van der Waals surface area (Å²) < 4.78 is 13.2. The highest BCUT2D eigenvalue weighted by atomic mass is 19.1. The lowest BCUT2D eigenvalue weighted by atomic mass is 10.1. The monoisotopic (exact) mass is 272 g/mol. The number of aryl methyl sites for hydroxylation is 1. The fraction of sp³-hybridized carbons (Fsp3) is 0.294. The van der Waals surface area contributed by atoms with Gasteiger partial charge in [-0.25, -0.2) is 4.39 Å². The zero-order valence-electron chi connectivity index (χ0n) is 12.1. The molecule has 0 aliphatic rings. The van der Waals surface area contributed by atoms with Crippen LogP contribution in [0.5, 0.6) is 0 Å². The SMILES string of the molecule is CCc1ccc(CN(C)c2ccc(F)cc2CN)cc1. The zero-order valence-corrected chi connectivity index (χ0v) is 12.1. The van der Waals surface area contributed by atoms with Crippen LogP contribution in [-0.2, 0) is 19.5 Å². The number of halogens is 1. The number of anilines is 1. The van der Waals surface area contributed by atoms with Crippen molar-refractivity contribution in [1.29, 1.82) is 0 Å². The van der Waals surface area contributed by atoms with E-state index in [0.29, 0.717) is 6.54 Å². The molecule has 2 nitrogen and oxygen atoms in total. The quantitative estimate of drug-likeness (QED) is 0.903. The minimum Gasteiger partial charge on any atom is -0.370 e. The molecule has 0 radical (unpaired) electrons. The van der Waals surface area contributed by atoms with Gasteiger partial charge in [-0.1, -0.05) is 31.2 Å². The van der Waals surface area contributed by atoms with E-state index in [1.54, 1.807) is 6.07 Å². The van der Waals surface area contributed by atoms with Crippen LogP contribution in [0.4, 0.5) is 10.1 Å². The highest BCUT2D eigenvalue weighted by Crippen LogP contribution is 2.22. The third-order valence-electron chi connectivity index (χ3n) is 3.52. The van der Waals surface area contributed by atoms with Gasteiger partial charge in [0.15, 0.2) is 0 Å². The fourth-order valence-corrected chi connectivity index (χ4v) is 2.33. The van der Waals surface area contributed by atoms with Crippen LogP contribution in [0, 0.1) is 5.82 Å². The zero-order chi connectivity index (χ0) is 14.5. The fourth-order valence-electron chi connectivity index (χ4n) is 2.33. The summed E-state index contributed by atoms with van der Waals surface area (Å²) in [6.45, 7) is 3.27. The first-order chi connectivity index (χ1) is 9.63. The summed E-state index contributed by atoms with van der Waals surface area (Å²) in [4.78, 5) is 2.10. The molecule has 0 spiro atoms. The number of hydrogen-bond donors (Lipinski definition) is 1. The first-order valence-electron chi connectivity index (χ1n) is 6.91. The summed E-state index contributed by atoms with van der Waals surface area (Å²) >= 11 is 0. The topological polar surface area (TPSA) is 29.3 Å². The van der Waals surface area contributed by atoms with Crippen molar-refractivity contribution < 1.29 is 4.39 Å². The average molecular weight is 272 g/mol. The maximum Gasteiger partial charge on any atom is 0.123 e. The minimum absolute atomic E-state index is 0.241. The second-order valence-electron chi connectivity index (χ2n) is 5.00. The average Bonchev–Trinajstić information content (AvgIpc) is 2.47. The smallest absolute Gasteiger partial charge is 0.123 e. The molecule has 20 heavy (non-hydrogen) atoms. The summed E-state index contributed by atoms with van der Waals surface area (Å²) in [5.41, 5.74) is 10.1. The van der Waals surface area contributed by atoms with Gasteiger partial charge >= 0.3 is 0 Å². The van der Waals surface area contributed by atoms with Crippen LogP contribution >= 0.6 is 0 Å². The van der Waals surface area contributed by atoms with E-state index in [4.69, 9.17) is 5.73 Å². The molecule has 2 rings (SSSR count). The molecule has 0 amide bonds. The lowest BCUT2D eigenvalue weighted by Crippen LogP contribution is -2.19. The molecule has 0 fully saturated rings. The maximum atomic E-state index is 13.2. The van der Waals surface area contributed by atoms with E-state index in [0.717, 1.165) is 24.2 Å². The van der Waals surface area contributed by atoms with Crippen molar-refractivity contribution in [3.8, 4) is 0 Å². The van der Waals surface area contributed by atoms with Crippen LogP contribution in [0.1, 0.15) is 23.6 Å². The third kappa shape index (κ3) is 3.36. The van der Waals surface area contributed by atoms with Crippen LogP contribution in [0.15, 0.2) is 42.5 Å². The molecule has 0 aliphatic carbocycles. The summed E-state index contributed by atoms with van der Waals surface area (Å²) in [6, 6.07) is 13.4. The van der Waals surface area contributed by atoms with E-state index >= 15 is 0 Å². The predicted octanol–water partition coefficient (Wildman–Crippen LogP) is 3.48. The van der Waals surface area contributed by atoms with Crippen LogP contribution in [0.25, 0.3) is 0 Å². The van der Waals surface area contributed by atoms with Gasteiger partial charge in [0.05, 0.1) is 0 Å². The minimum atomic E-state index is -0.241. The van der Waals surface area contributed by atoms with Gasteiger partial charge < -0.3 is 10.6 Å². The normalized spacial score (nSPS) is 10.6. The Hall–Kier alpha value is -1.87. The van der Waals surface area contributed by atoms with Gasteiger partial charge in [-0.05, 0) is 41.3 Å². The molecule has 0 atom stereocenters. The lowest BCUT2D eigenvalue weighted by molar-refractivity contribution is 0.625. The molecule has 0 unspecified atom stereocenters. The Balaban J connectivity index is 2.16. The molecule has 2 aromatic rings. The maximum absolute atomic E-state index is 13.2. The van der Waals surface area contributed by atoms with E-state index < -0.39 is 0 Å². The summed E-state index contributed by atoms with van der Waals surface area (Å²) in [7, 11) is 2.00.